The number of carboxylic acid groups (broad SMARTS) is 1. The smallest absolute Gasteiger partial charge is 0.320 e. The third-order valence-corrected chi connectivity index (χ3v) is 1.30. The van der Waals surface area contributed by atoms with E-state index in [2.05, 4.69) is 5.32 Å². The summed E-state index contributed by atoms with van der Waals surface area (Å²) in [4.78, 5) is 10.2. The van der Waals surface area contributed by atoms with Gasteiger partial charge >= 0.3 is 5.97 Å². The molecule has 0 aromatic heterocycles. The van der Waals surface area contributed by atoms with Crippen LogP contribution in [0.15, 0.2) is 0 Å². The molecular weight excluding hydrogens is 148 g/mol. The van der Waals surface area contributed by atoms with Crippen molar-refractivity contribution < 1.29 is 15.0 Å². The fourth-order valence-electron chi connectivity index (χ4n) is 0.483. The molecule has 0 fully saturated rings. The minimum absolute atomic E-state index is 0.138. The summed E-state index contributed by atoms with van der Waals surface area (Å²) >= 11 is 0. The van der Waals surface area contributed by atoms with Gasteiger partial charge in [-0.3, -0.25) is 4.79 Å². The van der Waals surface area contributed by atoms with Gasteiger partial charge in [-0.25, -0.2) is 0 Å². The minimum atomic E-state index is -0.936. The highest BCUT2D eigenvalue weighted by Crippen LogP contribution is 1.82. The highest BCUT2D eigenvalue weighted by molar-refractivity contribution is 5.72. The Kier molecular flexibility index (Phi) is 4.76. The molecule has 0 aliphatic carbocycles. The first-order valence-electron chi connectivity index (χ1n) is 3.42. The van der Waals surface area contributed by atoms with Crippen LogP contribution in [0.1, 0.15) is 6.92 Å². The van der Waals surface area contributed by atoms with Crippen molar-refractivity contribution in [1.29, 1.82) is 0 Å². The quantitative estimate of drug-likeness (QED) is 0.389. The van der Waals surface area contributed by atoms with Crippen molar-refractivity contribution >= 4 is 5.97 Å². The molecule has 0 radical (unpaired) electrons. The van der Waals surface area contributed by atoms with Crippen LogP contribution >= 0.6 is 0 Å². The van der Waals surface area contributed by atoms with Crippen LogP contribution in [0.3, 0.4) is 0 Å². The Labute approximate surface area is 65.2 Å². The maximum Gasteiger partial charge on any atom is 0.320 e. The number of hydrogen-bond acceptors (Lipinski definition) is 4. The van der Waals surface area contributed by atoms with E-state index in [9.17, 15) is 4.79 Å². The molecule has 66 valence electrons. The van der Waals surface area contributed by atoms with Gasteiger partial charge in [0.05, 0.1) is 6.10 Å². The Morgan fingerprint density at radius 1 is 1.73 bits per heavy atom. The molecule has 2 atom stereocenters. The van der Waals surface area contributed by atoms with E-state index in [1.807, 2.05) is 0 Å². The van der Waals surface area contributed by atoms with Gasteiger partial charge in [0.2, 0.25) is 0 Å². The number of nitrogens with two attached hydrogens (primary N) is 1. The third-order valence-electron chi connectivity index (χ3n) is 1.30. The summed E-state index contributed by atoms with van der Waals surface area (Å²) in [7, 11) is 0. The van der Waals surface area contributed by atoms with Gasteiger partial charge in [-0.05, 0) is 6.92 Å². The number of aliphatic hydroxyl groups is 1. The fraction of sp³-hybridized carbons (Fsp3) is 0.833. The molecule has 0 aromatic carbocycles. The lowest BCUT2D eigenvalue weighted by molar-refractivity contribution is -0.139. The molecule has 0 aliphatic heterocycles. The Hall–Kier alpha value is -0.650. The summed E-state index contributed by atoms with van der Waals surface area (Å²) in [5.41, 5.74) is 5.10. The molecule has 0 spiro atoms. The zero-order chi connectivity index (χ0) is 8.85. The molecule has 0 saturated carbocycles. The minimum Gasteiger partial charge on any atom is -0.480 e. The summed E-state index contributed by atoms with van der Waals surface area (Å²) in [6, 6.07) is -0.642. The predicted octanol–water partition coefficient (Wildman–Crippen LogP) is -1.63. The van der Waals surface area contributed by atoms with E-state index in [-0.39, 0.29) is 13.1 Å². The number of aliphatic hydroxyl groups excluding tert-OH is 1. The standard InChI is InChI=1S/C6H14N2O3/c1-4(6(10)11)8-3-5(9)2-7/h4-5,8-9H,2-3,7H2,1H3,(H,10,11). The molecule has 0 bridgehead atoms. The summed E-state index contributed by atoms with van der Waals surface area (Å²) in [6.45, 7) is 1.86. The van der Waals surface area contributed by atoms with Gasteiger partial charge < -0.3 is 21.3 Å². The maximum atomic E-state index is 10.2. The summed E-state index contributed by atoms with van der Waals surface area (Å²) in [5.74, 6) is -0.936. The lowest BCUT2D eigenvalue weighted by atomic mass is 10.3. The molecule has 5 N–H and O–H groups in total. The van der Waals surface area contributed by atoms with Crippen LogP contribution in [-0.2, 0) is 4.79 Å². The number of hydrogen-bond donors (Lipinski definition) is 4. The van der Waals surface area contributed by atoms with Crippen molar-refractivity contribution in [3.05, 3.63) is 0 Å². The lowest BCUT2D eigenvalue weighted by Gasteiger charge is -2.11. The summed E-state index contributed by atoms with van der Waals surface area (Å²) in [6.07, 6.45) is -0.670. The topological polar surface area (TPSA) is 95.6 Å². The van der Waals surface area contributed by atoms with Crippen molar-refractivity contribution in [2.24, 2.45) is 5.73 Å². The summed E-state index contributed by atoms with van der Waals surface area (Å²) < 4.78 is 0. The van der Waals surface area contributed by atoms with Crippen LogP contribution in [0.5, 0.6) is 0 Å². The van der Waals surface area contributed by atoms with Gasteiger partial charge in [0.15, 0.2) is 0 Å². The molecule has 5 heteroatoms. The molecule has 5 nitrogen and oxygen atoms in total. The first-order chi connectivity index (χ1) is 5.07. The monoisotopic (exact) mass is 162 g/mol. The van der Waals surface area contributed by atoms with E-state index in [1.54, 1.807) is 0 Å². The molecular formula is C6H14N2O3. The SMILES string of the molecule is CC(NCC(O)CN)C(=O)O. The Balaban J connectivity index is 3.45. The molecule has 0 rings (SSSR count). The van der Waals surface area contributed by atoms with Gasteiger partial charge in [-0.1, -0.05) is 0 Å². The molecule has 0 aromatic rings. The summed E-state index contributed by atoms with van der Waals surface area (Å²) in [5, 5.41) is 19.9. The highest BCUT2D eigenvalue weighted by Gasteiger charge is 2.10. The van der Waals surface area contributed by atoms with Crippen molar-refractivity contribution in [2.45, 2.75) is 19.1 Å². The first kappa shape index (κ1) is 10.3. The molecule has 2 unspecified atom stereocenters. The Morgan fingerprint density at radius 3 is 2.64 bits per heavy atom. The Morgan fingerprint density at radius 2 is 2.27 bits per heavy atom. The maximum absolute atomic E-state index is 10.2. The molecule has 11 heavy (non-hydrogen) atoms. The number of rotatable bonds is 5. The second-order valence-electron chi connectivity index (χ2n) is 2.36. The number of carboxylic acids is 1. The average molecular weight is 162 g/mol. The van der Waals surface area contributed by atoms with Gasteiger partial charge in [0.1, 0.15) is 6.04 Å². The van der Waals surface area contributed by atoms with E-state index in [1.165, 1.54) is 6.92 Å². The third kappa shape index (κ3) is 4.72. The predicted molar refractivity (Wildman–Crippen MR) is 40.2 cm³/mol. The van der Waals surface area contributed by atoms with Crippen molar-refractivity contribution in [2.75, 3.05) is 13.1 Å². The molecule has 0 aliphatic rings. The van der Waals surface area contributed by atoms with Crippen LogP contribution in [0.2, 0.25) is 0 Å². The normalized spacial score (nSPS) is 15.9. The first-order valence-corrected chi connectivity index (χ1v) is 3.42. The number of nitrogens with one attached hydrogen (secondary N) is 1. The van der Waals surface area contributed by atoms with E-state index in [4.69, 9.17) is 15.9 Å². The van der Waals surface area contributed by atoms with Crippen LogP contribution < -0.4 is 11.1 Å². The van der Waals surface area contributed by atoms with Crippen LogP contribution in [0, 0.1) is 0 Å². The van der Waals surface area contributed by atoms with E-state index in [0.717, 1.165) is 0 Å². The van der Waals surface area contributed by atoms with E-state index in [0.29, 0.717) is 0 Å². The molecule has 0 heterocycles. The molecule has 0 amide bonds. The van der Waals surface area contributed by atoms with Gasteiger partial charge in [-0.15, -0.1) is 0 Å². The van der Waals surface area contributed by atoms with Crippen LogP contribution in [-0.4, -0.2) is 41.4 Å². The largest absolute Gasteiger partial charge is 0.480 e. The highest BCUT2D eigenvalue weighted by atomic mass is 16.4. The van der Waals surface area contributed by atoms with E-state index >= 15 is 0 Å². The van der Waals surface area contributed by atoms with Gasteiger partial charge in [0.25, 0.3) is 0 Å². The van der Waals surface area contributed by atoms with E-state index < -0.39 is 18.1 Å². The zero-order valence-corrected chi connectivity index (χ0v) is 6.45. The van der Waals surface area contributed by atoms with Gasteiger partial charge in [0, 0.05) is 13.1 Å². The average Bonchev–Trinajstić information content (AvgIpc) is 1.99. The second kappa shape index (κ2) is 5.06. The van der Waals surface area contributed by atoms with Crippen molar-refractivity contribution in [3.8, 4) is 0 Å². The number of aliphatic carboxylic acids is 1. The number of carbonyl (C=O) groups is 1. The fourth-order valence-corrected chi connectivity index (χ4v) is 0.483. The van der Waals surface area contributed by atoms with Crippen molar-refractivity contribution in [1.82, 2.24) is 5.32 Å². The lowest BCUT2D eigenvalue weighted by Crippen LogP contribution is -2.41. The zero-order valence-electron chi connectivity index (χ0n) is 6.45. The molecule has 0 saturated heterocycles. The Bertz CT molecular complexity index is 129. The van der Waals surface area contributed by atoms with Crippen LogP contribution in [0.4, 0.5) is 0 Å². The van der Waals surface area contributed by atoms with Crippen molar-refractivity contribution in [3.63, 3.8) is 0 Å². The van der Waals surface area contributed by atoms with Gasteiger partial charge in [-0.2, -0.15) is 0 Å². The second-order valence-corrected chi connectivity index (χ2v) is 2.36. The van der Waals surface area contributed by atoms with Crippen LogP contribution in [0.25, 0.3) is 0 Å².